The molecule has 0 spiro atoms. The molecule has 1 amide bonds. The summed E-state index contributed by atoms with van der Waals surface area (Å²) in [6.45, 7) is 0. The van der Waals surface area contributed by atoms with Crippen molar-refractivity contribution in [2.45, 2.75) is 0 Å². The number of furan rings is 1. The topological polar surface area (TPSA) is 135 Å². The van der Waals surface area contributed by atoms with E-state index < -0.39 is 16.8 Å². The molecular formula is C19H12IN3O6S. The maximum atomic E-state index is 12.4. The summed E-state index contributed by atoms with van der Waals surface area (Å²) in [7, 11) is 0. The van der Waals surface area contributed by atoms with Crippen molar-refractivity contribution in [3.8, 4) is 11.3 Å². The van der Waals surface area contributed by atoms with Crippen LogP contribution in [0.2, 0.25) is 0 Å². The number of anilines is 1. The summed E-state index contributed by atoms with van der Waals surface area (Å²) in [5.41, 5.74) is 0.565. The van der Waals surface area contributed by atoms with Crippen LogP contribution < -0.4 is 10.6 Å². The predicted octanol–water partition coefficient (Wildman–Crippen LogP) is 4.28. The summed E-state index contributed by atoms with van der Waals surface area (Å²) < 4.78 is 6.21. The van der Waals surface area contributed by atoms with E-state index in [-0.39, 0.29) is 33.6 Å². The lowest BCUT2D eigenvalue weighted by Crippen LogP contribution is -2.34. The zero-order valence-electron chi connectivity index (χ0n) is 14.9. The van der Waals surface area contributed by atoms with Gasteiger partial charge in [0.25, 0.3) is 11.6 Å². The lowest BCUT2D eigenvalue weighted by atomic mass is 10.1. The Morgan fingerprint density at radius 2 is 1.90 bits per heavy atom. The van der Waals surface area contributed by atoms with Crippen molar-refractivity contribution in [1.82, 2.24) is 5.32 Å². The second-order valence-electron chi connectivity index (χ2n) is 5.87. The number of rotatable bonds is 5. The molecule has 0 saturated carbocycles. The molecule has 0 radical (unpaired) electrons. The van der Waals surface area contributed by atoms with E-state index in [4.69, 9.17) is 16.6 Å². The number of aromatic carboxylic acids is 1. The van der Waals surface area contributed by atoms with Crippen molar-refractivity contribution in [3.63, 3.8) is 0 Å². The number of hydrogen-bond acceptors (Lipinski definition) is 6. The van der Waals surface area contributed by atoms with E-state index in [9.17, 15) is 24.8 Å². The van der Waals surface area contributed by atoms with E-state index in [1.54, 1.807) is 12.1 Å². The average Bonchev–Trinajstić information content (AvgIpc) is 3.19. The first-order chi connectivity index (χ1) is 14.2. The van der Waals surface area contributed by atoms with Crippen molar-refractivity contribution < 1.29 is 24.0 Å². The molecule has 0 bridgehead atoms. The van der Waals surface area contributed by atoms with Crippen LogP contribution in [0.15, 0.2) is 59.0 Å². The van der Waals surface area contributed by atoms with Gasteiger partial charge >= 0.3 is 5.97 Å². The Bertz CT molecular complexity index is 1180. The van der Waals surface area contributed by atoms with Crippen LogP contribution >= 0.6 is 34.8 Å². The van der Waals surface area contributed by atoms with Crippen LogP contribution in [0.5, 0.6) is 0 Å². The van der Waals surface area contributed by atoms with Gasteiger partial charge < -0.3 is 14.8 Å². The summed E-state index contributed by atoms with van der Waals surface area (Å²) in [5.74, 6) is -1.60. The second kappa shape index (κ2) is 9.00. The normalized spacial score (nSPS) is 10.3. The van der Waals surface area contributed by atoms with E-state index in [1.807, 2.05) is 22.6 Å². The molecule has 0 fully saturated rings. The van der Waals surface area contributed by atoms with Crippen molar-refractivity contribution in [3.05, 3.63) is 79.6 Å². The third-order valence-electron chi connectivity index (χ3n) is 3.86. The smallest absolute Gasteiger partial charge is 0.337 e. The summed E-state index contributed by atoms with van der Waals surface area (Å²) in [6.07, 6.45) is 0. The van der Waals surface area contributed by atoms with Crippen LogP contribution in [0.3, 0.4) is 0 Å². The van der Waals surface area contributed by atoms with E-state index in [0.717, 1.165) is 3.57 Å². The minimum Gasteiger partial charge on any atom is -0.478 e. The maximum absolute atomic E-state index is 12.4. The Balaban J connectivity index is 1.72. The van der Waals surface area contributed by atoms with Crippen LogP contribution in [0, 0.1) is 13.7 Å². The fourth-order valence-corrected chi connectivity index (χ4v) is 3.20. The number of benzene rings is 2. The fraction of sp³-hybridized carbons (Fsp3) is 0. The Hall–Kier alpha value is -3.32. The molecule has 0 aliphatic heterocycles. The standard InChI is InChI=1S/C19H12IN3O6S/c20-11-4-5-14(13(9-11)18(25)26)21-19(30)22-17(24)16-7-6-15(29-16)10-2-1-3-12(8-10)23(27)28/h1-9H,(H,25,26)(H2,21,22,24,30). The Morgan fingerprint density at radius 1 is 1.13 bits per heavy atom. The molecule has 3 rings (SSSR count). The molecule has 3 N–H and O–H groups in total. The summed E-state index contributed by atoms with van der Waals surface area (Å²) in [6, 6.07) is 13.4. The lowest BCUT2D eigenvalue weighted by Gasteiger charge is -2.11. The number of nitro groups is 1. The number of carboxylic acid groups (broad SMARTS) is 1. The largest absolute Gasteiger partial charge is 0.478 e. The number of carboxylic acids is 1. The highest BCUT2D eigenvalue weighted by molar-refractivity contribution is 14.1. The van der Waals surface area contributed by atoms with Gasteiger partial charge in [-0.1, -0.05) is 12.1 Å². The molecule has 30 heavy (non-hydrogen) atoms. The molecular weight excluding hydrogens is 525 g/mol. The molecule has 152 valence electrons. The Kier molecular flexibility index (Phi) is 6.42. The first kappa shape index (κ1) is 21.4. The average molecular weight is 537 g/mol. The van der Waals surface area contributed by atoms with Crippen LogP contribution in [-0.4, -0.2) is 27.0 Å². The van der Waals surface area contributed by atoms with E-state index >= 15 is 0 Å². The number of carbonyl (C=O) groups excluding carboxylic acids is 1. The van der Waals surface area contributed by atoms with Gasteiger partial charge in [-0.3, -0.25) is 20.2 Å². The highest BCUT2D eigenvalue weighted by atomic mass is 127. The molecule has 1 heterocycles. The third-order valence-corrected chi connectivity index (χ3v) is 4.73. The van der Waals surface area contributed by atoms with Gasteiger partial charge in [0.2, 0.25) is 0 Å². The molecule has 2 aromatic carbocycles. The fourth-order valence-electron chi connectivity index (χ4n) is 2.51. The van der Waals surface area contributed by atoms with Crippen molar-refractivity contribution in [1.29, 1.82) is 0 Å². The molecule has 3 aromatic rings. The molecule has 0 unspecified atom stereocenters. The maximum Gasteiger partial charge on any atom is 0.337 e. The van der Waals surface area contributed by atoms with Crippen LogP contribution in [0.1, 0.15) is 20.9 Å². The second-order valence-corrected chi connectivity index (χ2v) is 7.53. The van der Waals surface area contributed by atoms with Gasteiger partial charge in [0.15, 0.2) is 10.9 Å². The monoisotopic (exact) mass is 537 g/mol. The van der Waals surface area contributed by atoms with Gasteiger partial charge in [-0.05, 0) is 65.1 Å². The van der Waals surface area contributed by atoms with Gasteiger partial charge in [-0.25, -0.2) is 4.79 Å². The quantitative estimate of drug-likeness (QED) is 0.190. The van der Waals surface area contributed by atoms with E-state index in [0.29, 0.717) is 5.56 Å². The minimum atomic E-state index is -1.14. The lowest BCUT2D eigenvalue weighted by molar-refractivity contribution is -0.384. The van der Waals surface area contributed by atoms with E-state index in [2.05, 4.69) is 10.6 Å². The van der Waals surface area contributed by atoms with Crippen molar-refractivity contribution in [2.24, 2.45) is 0 Å². The van der Waals surface area contributed by atoms with Crippen molar-refractivity contribution >= 4 is 63.2 Å². The molecule has 0 saturated heterocycles. The van der Waals surface area contributed by atoms with Crippen LogP contribution in [-0.2, 0) is 0 Å². The number of nitrogens with one attached hydrogen (secondary N) is 2. The predicted molar refractivity (Wildman–Crippen MR) is 121 cm³/mol. The SMILES string of the molecule is O=C(NC(=S)Nc1ccc(I)cc1C(=O)O)c1ccc(-c2cccc([N+](=O)[O-])c2)o1. The number of nitrogens with zero attached hydrogens (tertiary/aromatic N) is 1. The van der Waals surface area contributed by atoms with Crippen LogP contribution in [0.4, 0.5) is 11.4 Å². The number of hydrogen-bond donors (Lipinski definition) is 3. The molecule has 0 atom stereocenters. The summed E-state index contributed by atoms with van der Waals surface area (Å²) in [5, 5.41) is 25.2. The van der Waals surface area contributed by atoms with Gasteiger partial charge in [-0.2, -0.15) is 0 Å². The highest BCUT2D eigenvalue weighted by Crippen LogP contribution is 2.26. The number of thiocarbonyl (C=S) groups is 1. The molecule has 9 nitrogen and oxygen atoms in total. The van der Waals surface area contributed by atoms with Gasteiger partial charge in [0.05, 0.1) is 16.2 Å². The van der Waals surface area contributed by atoms with Crippen molar-refractivity contribution in [2.75, 3.05) is 5.32 Å². The number of non-ortho nitro benzene ring substituents is 1. The Morgan fingerprint density at radius 3 is 2.60 bits per heavy atom. The number of carbonyl (C=O) groups is 2. The first-order valence-corrected chi connectivity index (χ1v) is 9.73. The number of halogens is 1. The number of nitro benzene ring substituents is 1. The summed E-state index contributed by atoms with van der Waals surface area (Å²) >= 11 is 7.07. The van der Waals surface area contributed by atoms with Gasteiger partial charge in [0.1, 0.15) is 5.76 Å². The third kappa shape index (κ3) is 4.99. The highest BCUT2D eigenvalue weighted by Gasteiger charge is 2.17. The van der Waals surface area contributed by atoms with Gasteiger partial charge in [-0.15, -0.1) is 0 Å². The Labute approximate surface area is 188 Å². The zero-order chi connectivity index (χ0) is 21.8. The first-order valence-electron chi connectivity index (χ1n) is 8.24. The molecule has 0 aliphatic rings. The molecule has 0 aliphatic carbocycles. The van der Waals surface area contributed by atoms with E-state index in [1.165, 1.54) is 42.5 Å². The van der Waals surface area contributed by atoms with Gasteiger partial charge in [0, 0.05) is 21.3 Å². The zero-order valence-corrected chi connectivity index (χ0v) is 17.9. The van der Waals surface area contributed by atoms with Crippen LogP contribution in [0.25, 0.3) is 11.3 Å². The number of amides is 1. The summed E-state index contributed by atoms with van der Waals surface area (Å²) in [4.78, 5) is 34.1. The molecule has 11 heteroatoms. The molecule has 1 aromatic heterocycles. The minimum absolute atomic E-state index is 0.00413.